The first-order valence-electron chi connectivity index (χ1n) is 6.31. The van der Waals surface area contributed by atoms with Gasteiger partial charge in [0.1, 0.15) is 0 Å². The van der Waals surface area contributed by atoms with Crippen LogP contribution < -0.4 is 5.32 Å². The number of hydrogen-bond acceptors (Lipinski definition) is 3. The van der Waals surface area contributed by atoms with Crippen LogP contribution in [0.15, 0.2) is 39.9 Å². The second-order valence-electron chi connectivity index (χ2n) is 4.56. The van der Waals surface area contributed by atoms with Crippen LogP contribution in [0.5, 0.6) is 0 Å². The Hall–Kier alpha value is -1.68. The minimum Gasteiger partial charge on any atom is -0.325 e. The number of anilines is 1. The third-order valence-corrected chi connectivity index (χ3v) is 4.84. The lowest BCUT2D eigenvalue weighted by molar-refractivity contribution is -0.143. The highest BCUT2D eigenvalue weighted by molar-refractivity contribution is 8.01. The summed E-state index contributed by atoms with van der Waals surface area (Å²) in [4.78, 5) is 11.7. The molecule has 1 N–H and O–H groups in total. The highest BCUT2D eigenvalue weighted by atomic mass is 32.2. The Bertz CT molecular complexity index is 677. The lowest BCUT2D eigenvalue weighted by Gasteiger charge is -2.14. The Morgan fingerprint density at radius 3 is 2.08 bits per heavy atom. The van der Waals surface area contributed by atoms with Crippen LogP contribution in [0.3, 0.4) is 0 Å². The van der Waals surface area contributed by atoms with E-state index in [-0.39, 0.29) is 11.8 Å². The van der Waals surface area contributed by atoms with E-state index in [0.717, 1.165) is 16.0 Å². The zero-order valence-electron chi connectivity index (χ0n) is 11.7. The van der Waals surface area contributed by atoms with Crippen LogP contribution in [0, 0.1) is 0 Å². The van der Waals surface area contributed by atoms with Gasteiger partial charge in [-0.2, -0.15) is 26.3 Å². The van der Waals surface area contributed by atoms with Crippen molar-refractivity contribution >= 4 is 34.7 Å². The van der Waals surface area contributed by atoms with Gasteiger partial charge in [0.05, 0.1) is 21.1 Å². The summed E-state index contributed by atoms with van der Waals surface area (Å²) in [6.45, 7) is 0. The maximum atomic E-state index is 12.7. The number of thiophene rings is 1. The molecular weight excluding hydrogens is 376 g/mol. The Labute approximate surface area is 140 Å². The van der Waals surface area contributed by atoms with E-state index in [1.165, 1.54) is 11.3 Å². The van der Waals surface area contributed by atoms with Gasteiger partial charge in [-0.1, -0.05) is 6.07 Å². The Morgan fingerprint density at radius 2 is 1.62 bits per heavy atom. The monoisotopic (exact) mass is 385 g/mol. The summed E-state index contributed by atoms with van der Waals surface area (Å²) in [6, 6.07) is 4.46. The van der Waals surface area contributed by atoms with Crippen molar-refractivity contribution in [2.24, 2.45) is 0 Å². The van der Waals surface area contributed by atoms with Crippen molar-refractivity contribution in [1.82, 2.24) is 0 Å². The van der Waals surface area contributed by atoms with Gasteiger partial charge in [0.15, 0.2) is 0 Å². The first kappa shape index (κ1) is 18.7. The highest BCUT2D eigenvalue weighted by Crippen LogP contribution is 2.37. The van der Waals surface area contributed by atoms with Crippen LogP contribution >= 0.6 is 23.1 Å². The molecule has 0 spiro atoms. The van der Waals surface area contributed by atoms with Crippen molar-refractivity contribution in [3.05, 3.63) is 46.8 Å². The molecule has 0 aliphatic carbocycles. The van der Waals surface area contributed by atoms with E-state index in [4.69, 9.17) is 0 Å². The minimum absolute atomic E-state index is 0.00998. The van der Waals surface area contributed by atoms with E-state index < -0.39 is 35.1 Å². The third kappa shape index (κ3) is 5.17. The molecule has 1 aromatic carbocycles. The molecule has 0 fully saturated rings. The first-order valence-corrected chi connectivity index (χ1v) is 8.18. The number of carbonyl (C=O) groups is 1. The lowest BCUT2D eigenvalue weighted by atomic mass is 10.1. The number of halogens is 6. The van der Waals surface area contributed by atoms with Gasteiger partial charge in [0, 0.05) is 5.69 Å². The molecule has 24 heavy (non-hydrogen) atoms. The predicted molar refractivity (Wildman–Crippen MR) is 80.1 cm³/mol. The molecule has 1 aromatic heterocycles. The normalized spacial score (nSPS) is 12.2. The smallest absolute Gasteiger partial charge is 0.325 e. The Balaban J connectivity index is 2.17. The highest BCUT2D eigenvalue weighted by Gasteiger charge is 2.37. The van der Waals surface area contributed by atoms with E-state index in [1.54, 1.807) is 17.5 Å². The summed E-state index contributed by atoms with van der Waals surface area (Å²) in [5.41, 5.74) is -3.49. The second-order valence-corrected chi connectivity index (χ2v) is 6.79. The third-order valence-electron chi connectivity index (χ3n) is 2.71. The number of hydrogen-bond donors (Lipinski definition) is 1. The van der Waals surface area contributed by atoms with Crippen LogP contribution in [0.25, 0.3) is 0 Å². The molecule has 10 heteroatoms. The number of carbonyl (C=O) groups excluding carboxylic acids is 1. The van der Waals surface area contributed by atoms with Crippen molar-refractivity contribution in [3.8, 4) is 0 Å². The van der Waals surface area contributed by atoms with Crippen LogP contribution in [0.2, 0.25) is 0 Å². The summed E-state index contributed by atoms with van der Waals surface area (Å²) < 4.78 is 77.2. The van der Waals surface area contributed by atoms with Crippen LogP contribution in [-0.4, -0.2) is 11.7 Å². The van der Waals surface area contributed by atoms with Gasteiger partial charge in [0.25, 0.3) is 0 Å². The van der Waals surface area contributed by atoms with Crippen molar-refractivity contribution in [2.75, 3.05) is 11.1 Å². The summed E-state index contributed by atoms with van der Waals surface area (Å²) in [5, 5.41) is 3.85. The largest absolute Gasteiger partial charge is 0.416 e. The molecule has 0 bridgehead atoms. The van der Waals surface area contributed by atoms with Crippen molar-refractivity contribution < 1.29 is 31.1 Å². The van der Waals surface area contributed by atoms with Crippen LogP contribution in [0.1, 0.15) is 11.1 Å². The van der Waals surface area contributed by atoms with Crippen molar-refractivity contribution in [1.29, 1.82) is 0 Å². The summed E-state index contributed by atoms with van der Waals surface area (Å²) in [7, 11) is 0. The maximum Gasteiger partial charge on any atom is 0.416 e. The van der Waals surface area contributed by atoms with E-state index in [1.807, 2.05) is 0 Å². The Morgan fingerprint density at radius 1 is 1.04 bits per heavy atom. The number of alkyl halides is 6. The van der Waals surface area contributed by atoms with Gasteiger partial charge in [-0.15, -0.1) is 23.1 Å². The van der Waals surface area contributed by atoms with E-state index in [0.29, 0.717) is 12.1 Å². The van der Waals surface area contributed by atoms with E-state index >= 15 is 0 Å². The van der Waals surface area contributed by atoms with Gasteiger partial charge in [-0.05, 0) is 29.6 Å². The summed E-state index contributed by atoms with van der Waals surface area (Å²) >= 11 is 2.50. The molecule has 0 saturated carbocycles. The van der Waals surface area contributed by atoms with Crippen molar-refractivity contribution in [2.45, 2.75) is 16.6 Å². The van der Waals surface area contributed by atoms with Gasteiger partial charge < -0.3 is 5.32 Å². The van der Waals surface area contributed by atoms with Gasteiger partial charge >= 0.3 is 12.4 Å². The lowest BCUT2D eigenvalue weighted by Crippen LogP contribution is -2.17. The summed E-state index contributed by atoms with van der Waals surface area (Å²) in [5.74, 6) is -0.821. The van der Waals surface area contributed by atoms with Gasteiger partial charge in [0.2, 0.25) is 5.91 Å². The number of amides is 1. The molecule has 2 aromatic rings. The minimum atomic E-state index is -4.95. The molecular formula is C14H9F6NOS2. The van der Waals surface area contributed by atoms with Gasteiger partial charge in [-0.3, -0.25) is 4.79 Å². The molecule has 0 atom stereocenters. The standard InChI is InChI=1S/C14H9F6NOS2/c15-13(16,17)8-4-9(14(18,19)20)6-10(5-8)21-11(22)7-24-12-2-1-3-23-12/h1-6H,7H2,(H,21,22). The Kier molecular flexibility index (Phi) is 5.49. The molecule has 0 aliphatic heterocycles. The SMILES string of the molecule is O=C(CSc1cccs1)Nc1cc(C(F)(F)F)cc(C(F)(F)F)c1. The van der Waals surface area contributed by atoms with Crippen molar-refractivity contribution in [3.63, 3.8) is 0 Å². The molecule has 2 rings (SSSR count). The quantitative estimate of drug-likeness (QED) is 0.555. The fraction of sp³-hybridized carbons (Fsp3) is 0.214. The number of thioether (sulfide) groups is 1. The van der Waals surface area contributed by atoms with E-state index in [2.05, 4.69) is 5.32 Å². The van der Waals surface area contributed by atoms with E-state index in [9.17, 15) is 31.1 Å². The average Bonchev–Trinajstić information content (AvgIpc) is 2.96. The van der Waals surface area contributed by atoms with Crippen LogP contribution in [0.4, 0.5) is 32.0 Å². The number of rotatable bonds is 4. The maximum absolute atomic E-state index is 12.7. The molecule has 0 unspecified atom stereocenters. The molecule has 0 radical (unpaired) electrons. The fourth-order valence-electron chi connectivity index (χ4n) is 1.71. The zero-order chi connectivity index (χ0) is 18.0. The topological polar surface area (TPSA) is 29.1 Å². The number of benzene rings is 1. The zero-order valence-corrected chi connectivity index (χ0v) is 13.3. The summed E-state index contributed by atoms with van der Waals surface area (Å²) in [6.07, 6.45) is -9.90. The average molecular weight is 385 g/mol. The molecule has 0 saturated heterocycles. The molecule has 1 amide bonds. The molecule has 130 valence electrons. The molecule has 0 aliphatic rings. The number of nitrogens with one attached hydrogen (secondary N) is 1. The van der Waals surface area contributed by atoms with Gasteiger partial charge in [-0.25, -0.2) is 0 Å². The molecule has 2 nitrogen and oxygen atoms in total. The first-order chi connectivity index (χ1) is 11.1. The predicted octanol–water partition coefficient (Wildman–Crippen LogP) is 5.52. The van der Waals surface area contributed by atoms with Crippen LogP contribution in [-0.2, 0) is 17.1 Å². The molecule has 1 heterocycles. The fourth-order valence-corrected chi connectivity index (χ4v) is 3.29. The second kappa shape index (κ2) is 7.06.